The molecule has 0 aromatic heterocycles. The molecule has 1 heteroatoms. The van der Waals surface area contributed by atoms with Crippen molar-refractivity contribution in [1.82, 2.24) is 0 Å². The number of unbranched alkanes of at least 4 members (excludes halogenated alkanes) is 4. The SMILES string of the molecule is CCCCCc1ccc(C#Cc2ccc3c(F)c(CCCCC)ccc3c2)cc1. The fraction of sp³-hybridized carbons (Fsp3) is 0.357. The summed E-state index contributed by atoms with van der Waals surface area (Å²) in [6, 6.07) is 18.3. The lowest BCUT2D eigenvalue weighted by Crippen LogP contribution is -1.93. The van der Waals surface area contributed by atoms with Crippen LogP contribution in [0.2, 0.25) is 0 Å². The maximum atomic E-state index is 14.8. The van der Waals surface area contributed by atoms with Crippen LogP contribution in [-0.2, 0) is 12.8 Å². The number of hydrogen-bond acceptors (Lipinski definition) is 0. The Labute approximate surface area is 175 Å². The van der Waals surface area contributed by atoms with Gasteiger partial charge in [-0.05, 0) is 66.5 Å². The van der Waals surface area contributed by atoms with Crippen LogP contribution < -0.4 is 0 Å². The Bertz CT molecular complexity index is 986. The van der Waals surface area contributed by atoms with Crippen molar-refractivity contribution in [2.24, 2.45) is 0 Å². The Morgan fingerprint density at radius 3 is 2.07 bits per heavy atom. The van der Waals surface area contributed by atoms with Crippen molar-refractivity contribution < 1.29 is 4.39 Å². The molecule has 0 aliphatic carbocycles. The van der Waals surface area contributed by atoms with Crippen LogP contribution in [0.3, 0.4) is 0 Å². The number of hydrogen-bond donors (Lipinski definition) is 0. The van der Waals surface area contributed by atoms with Crippen molar-refractivity contribution in [3.63, 3.8) is 0 Å². The number of rotatable bonds is 8. The van der Waals surface area contributed by atoms with E-state index < -0.39 is 0 Å². The molecule has 0 nitrogen and oxygen atoms in total. The molecule has 0 bridgehead atoms. The van der Waals surface area contributed by atoms with Crippen LogP contribution in [0.25, 0.3) is 10.8 Å². The maximum absolute atomic E-state index is 14.8. The van der Waals surface area contributed by atoms with Gasteiger partial charge in [0.15, 0.2) is 0 Å². The van der Waals surface area contributed by atoms with E-state index in [1.807, 2.05) is 30.3 Å². The zero-order valence-corrected chi connectivity index (χ0v) is 17.7. The summed E-state index contributed by atoms with van der Waals surface area (Å²) in [5, 5.41) is 1.61. The van der Waals surface area contributed by atoms with Gasteiger partial charge in [0.2, 0.25) is 0 Å². The minimum atomic E-state index is -0.0724. The van der Waals surface area contributed by atoms with Crippen LogP contribution in [0.15, 0.2) is 54.6 Å². The highest BCUT2D eigenvalue weighted by molar-refractivity contribution is 5.85. The van der Waals surface area contributed by atoms with Gasteiger partial charge in [0.05, 0.1) is 0 Å². The van der Waals surface area contributed by atoms with Crippen LogP contribution >= 0.6 is 0 Å². The molecule has 0 aliphatic heterocycles. The first kappa shape index (κ1) is 21.1. The zero-order valence-electron chi connectivity index (χ0n) is 17.7. The number of fused-ring (bicyclic) bond motifs is 1. The fourth-order valence-corrected chi connectivity index (χ4v) is 3.65. The first-order chi connectivity index (χ1) is 14.2. The second-order valence-corrected chi connectivity index (χ2v) is 7.84. The van der Waals surface area contributed by atoms with Crippen molar-refractivity contribution in [3.8, 4) is 11.8 Å². The Kier molecular flexibility index (Phi) is 7.88. The predicted octanol–water partition coefficient (Wildman–Crippen LogP) is 7.84. The Morgan fingerprint density at radius 1 is 0.690 bits per heavy atom. The predicted molar refractivity (Wildman–Crippen MR) is 123 cm³/mol. The first-order valence-corrected chi connectivity index (χ1v) is 11.0. The van der Waals surface area contributed by atoms with Crippen molar-refractivity contribution in [1.29, 1.82) is 0 Å². The van der Waals surface area contributed by atoms with E-state index in [4.69, 9.17) is 0 Å². The van der Waals surface area contributed by atoms with Gasteiger partial charge in [-0.15, -0.1) is 0 Å². The monoisotopic (exact) mass is 386 g/mol. The molecule has 3 aromatic carbocycles. The topological polar surface area (TPSA) is 0 Å². The van der Waals surface area contributed by atoms with Gasteiger partial charge in [-0.2, -0.15) is 0 Å². The molecule has 0 aliphatic rings. The second kappa shape index (κ2) is 10.8. The van der Waals surface area contributed by atoms with Crippen LogP contribution in [0.4, 0.5) is 4.39 Å². The van der Waals surface area contributed by atoms with Crippen LogP contribution in [0, 0.1) is 17.7 Å². The third-order valence-electron chi connectivity index (χ3n) is 5.46. The zero-order chi connectivity index (χ0) is 20.5. The first-order valence-electron chi connectivity index (χ1n) is 11.0. The molecule has 0 heterocycles. The standard InChI is InChI=1S/C28H31F/c1-3-5-7-9-22-11-13-23(14-12-22)15-16-24-17-20-27-26(21-24)19-18-25(28(27)29)10-8-6-4-2/h11-14,17-21H,3-10H2,1-2H3. The van der Waals surface area contributed by atoms with Gasteiger partial charge in [0.1, 0.15) is 5.82 Å². The van der Waals surface area contributed by atoms with Gasteiger partial charge in [-0.3, -0.25) is 0 Å². The van der Waals surface area contributed by atoms with E-state index in [9.17, 15) is 4.39 Å². The molecule has 0 unspecified atom stereocenters. The van der Waals surface area contributed by atoms with Gasteiger partial charge in [0, 0.05) is 16.5 Å². The lowest BCUT2D eigenvalue weighted by molar-refractivity contribution is 0.609. The Morgan fingerprint density at radius 2 is 1.34 bits per heavy atom. The molecule has 0 N–H and O–H groups in total. The molecule has 150 valence electrons. The molecule has 0 saturated heterocycles. The molecule has 0 saturated carbocycles. The van der Waals surface area contributed by atoms with Crippen LogP contribution in [0.5, 0.6) is 0 Å². The highest BCUT2D eigenvalue weighted by atomic mass is 19.1. The van der Waals surface area contributed by atoms with Gasteiger partial charge >= 0.3 is 0 Å². The van der Waals surface area contributed by atoms with Gasteiger partial charge in [0.25, 0.3) is 0 Å². The molecule has 0 amide bonds. The van der Waals surface area contributed by atoms with Crippen molar-refractivity contribution >= 4 is 10.8 Å². The third-order valence-corrected chi connectivity index (χ3v) is 5.46. The fourth-order valence-electron chi connectivity index (χ4n) is 3.65. The number of benzene rings is 3. The highest BCUT2D eigenvalue weighted by Crippen LogP contribution is 2.23. The normalized spacial score (nSPS) is 10.7. The van der Waals surface area contributed by atoms with Crippen LogP contribution in [-0.4, -0.2) is 0 Å². The molecule has 3 rings (SSSR count). The van der Waals surface area contributed by atoms with Gasteiger partial charge in [-0.1, -0.05) is 81.7 Å². The van der Waals surface area contributed by atoms with E-state index in [-0.39, 0.29) is 5.82 Å². The van der Waals surface area contributed by atoms with Gasteiger partial charge in [-0.25, -0.2) is 4.39 Å². The summed E-state index contributed by atoms with van der Waals surface area (Å²) in [6.07, 6.45) is 9.06. The summed E-state index contributed by atoms with van der Waals surface area (Å²) in [5.74, 6) is 6.39. The third kappa shape index (κ3) is 5.94. The van der Waals surface area contributed by atoms with Crippen molar-refractivity contribution in [2.75, 3.05) is 0 Å². The van der Waals surface area contributed by atoms with E-state index >= 15 is 0 Å². The van der Waals surface area contributed by atoms with E-state index in [1.54, 1.807) is 0 Å². The summed E-state index contributed by atoms with van der Waals surface area (Å²) in [5.41, 5.74) is 4.13. The molecule has 0 radical (unpaired) electrons. The van der Waals surface area contributed by atoms with E-state index in [2.05, 4.69) is 50.0 Å². The molecule has 0 fully saturated rings. The summed E-state index contributed by atoms with van der Waals surface area (Å²) in [7, 11) is 0. The number of halogens is 1. The maximum Gasteiger partial charge on any atom is 0.134 e. The lowest BCUT2D eigenvalue weighted by Gasteiger charge is -2.07. The minimum Gasteiger partial charge on any atom is -0.206 e. The molecule has 0 atom stereocenters. The average Bonchev–Trinajstić information content (AvgIpc) is 2.75. The molecular formula is C28H31F. The van der Waals surface area contributed by atoms with Crippen molar-refractivity contribution in [3.05, 3.63) is 82.7 Å². The van der Waals surface area contributed by atoms with E-state index in [0.29, 0.717) is 5.39 Å². The molecule has 3 aromatic rings. The summed E-state index contributed by atoms with van der Waals surface area (Å²) in [6.45, 7) is 4.40. The smallest absolute Gasteiger partial charge is 0.134 e. The summed E-state index contributed by atoms with van der Waals surface area (Å²) >= 11 is 0. The molecule has 0 spiro atoms. The lowest BCUT2D eigenvalue weighted by atomic mass is 10.00. The minimum absolute atomic E-state index is 0.0724. The van der Waals surface area contributed by atoms with Gasteiger partial charge < -0.3 is 0 Å². The second-order valence-electron chi connectivity index (χ2n) is 7.84. The highest BCUT2D eigenvalue weighted by Gasteiger charge is 2.07. The van der Waals surface area contributed by atoms with E-state index in [0.717, 1.165) is 54.2 Å². The molecule has 29 heavy (non-hydrogen) atoms. The Hall–Kier alpha value is -2.59. The average molecular weight is 387 g/mol. The largest absolute Gasteiger partial charge is 0.206 e. The van der Waals surface area contributed by atoms with E-state index in [1.165, 1.54) is 24.8 Å². The Balaban J connectivity index is 1.72. The van der Waals surface area contributed by atoms with Crippen molar-refractivity contribution in [2.45, 2.75) is 65.2 Å². The summed E-state index contributed by atoms with van der Waals surface area (Å²) in [4.78, 5) is 0. The summed E-state index contributed by atoms with van der Waals surface area (Å²) < 4.78 is 14.8. The van der Waals surface area contributed by atoms with Crippen LogP contribution in [0.1, 0.15) is 74.6 Å². The quantitative estimate of drug-likeness (QED) is 0.273. The number of aryl methyl sites for hydroxylation is 2. The molecular weight excluding hydrogens is 355 g/mol.